The molecular formula is C13H24Si. The SMILES string of the molecule is C=C(C)[C@H]1CC=C(C)[C@H]([Si](C)(C)C)C1. The average Bonchev–Trinajstić information content (AvgIpc) is 2.02. The minimum atomic E-state index is -1.02. The maximum absolute atomic E-state index is 4.11. The molecular weight excluding hydrogens is 184 g/mol. The Morgan fingerprint density at radius 2 is 2.00 bits per heavy atom. The molecule has 0 nitrogen and oxygen atoms in total. The summed E-state index contributed by atoms with van der Waals surface area (Å²) in [5.41, 5.74) is 3.89. The Kier molecular flexibility index (Phi) is 3.41. The first kappa shape index (κ1) is 11.8. The Morgan fingerprint density at radius 1 is 1.43 bits per heavy atom. The van der Waals surface area contributed by atoms with Gasteiger partial charge in [-0.15, -0.1) is 0 Å². The average molecular weight is 208 g/mol. The van der Waals surface area contributed by atoms with Gasteiger partial charge < -0.3 is 0 Å². The molecule has 0 amide bonds. The van der Waals surface area contributed by atoms with Gasteiger partial charge in [-0.3, -0.25) is 0 Å². The summed E-state index contributed by atoms with van der Waals surface area (Å²) in [5.74, 6) is 0.746. The summed E-state index contributed by atoms with van der Waals surface area (Å²) < 4.78 is 0. The lowest BCUT2D eigenvalue weighted by Crippen LogP contribution is -2.32. The largest absolute Gasteiger partial charge is 0.0998 e. The highest BCUT2D eigenvalue weighted by Gasteiger charge is 2.32. The molecule has 1 aliphatic rings. The summed E-state index contributed by atoms with van der Waals surface area (Å²) in [6.07, 6.45) is 5.03. The number of hydrogen-bond acceptors (Lipinski definition) is 0. The summed E-state index contributed by atoms with van der Waals surface area (Å²) in [7, 11) is -1.02. The van der Waals surface area contributed by atoms with Crippen LogP contribution in [0.15, 0.2) is 23.8 Å². The molecule has 2 atom stereocenters. The van der Waals surface area contributed by atoms with Crippen molar-refractivity contribution >= 4 is 8.07 Å². The number of hydrogen-bond donors (Lipinski definition) is 0. The van der Waals surface area contributed by atoms with Gasteiger partial charge in [-0.05, 0) is 38.1 Å². The molecule has 80 valence electrons. The van der Waals surface area contributed by atoms with E-state index >= 15 is 0 Å². The second kappa shape index (κ2) is 4.06. The summed E-state index contributed by atoms with van der Waals surface area (Å²) >= 11 is 0. The highest BCUT2D eigenvalue weighted by atomic mass is 28.3. The van der Waals surface area contributed by atoms with Crippen molar-refractivity contribution in [2.45, 2.75) is 51.9 Å². The van der Waals surface area contributed by atoms with Crippen LogP contribution in [0.1, 0.15) is 26.7 Å². The predicted molar refractivity (Wildman–Crippen MR) is 68.4 cm³/mol. The summed E-state index contributed by atoms with van der Waals surface area (Å²) in [6.45, 7) is 16.1. The van der Waals surface area contributed by atoms with Crippen molar-refractivity contribution in [3.8, 4) is 0 Å². The standard InChI is InChI=1S/C13H24Si/c1-10(2)12-8-7-11(3)13(9-12)14(4,5)6/h7,12-13H,1,8-9H2,2-6H3/t12-,13+/m0/s1. The molecule has 1 rings (SSSR count). The van der Waals surface area contributed by atoms with E-state index in [1.54, 1.807) is 5.57 Å². The predicted octanol–water partition coefficient (Wildman–Crippen LogP) is 4.63. The van der Waals surface area contributed by atoms with Crippen LogP contribution in [-0.4, -0.2) is 8.07 Å². The van der Waals surface area contributed by atoms with Gasteiger partial charge in [0.1, 0.15) is 0 Å². The maximum Gasteiger partial charge on any atom is 0.0517 e. The second-order valence-electron chi connectivity index (χ2n) is 5.88. The Morgan fingerprint density at radius 3 is 2.43 bits per heavy atom. The molecule has 0 spiro atoms. The lowest BCUT2D eigenvalue weighted by Gasteiger charge is -2.36. The molecule has 0 bridgehead atoms. The fourth-order valence-corrected chi connectivity index (χ4v) is 4.95. The van der Waals surface area contributed by atoms with Gasteiger partial charge in [0.2, 0.25) is 0 Å². The van der Waals surface area contributed by atoms with Crippen molar-refractivity contribution in [3.63, 3.8) is 0 Å². The first-order chi connectivity index (χ1) is 6.32. The van der Waals surface area contributed by atoms with Gasteiger partial charge in [0, 0.05) is 0 Å². The van der Waals surface area contributed by atoms with E-state index < -0.39 is 8.07 Å². The quantitative estimate of drug-likeness (QED) is 0.458. The third-order valence-corrected chi connectivity index (χ3v) is 6.32. The van der Waals surface area contributed by atoms with Crippen LogP contribution in [0, 0.1) is 5.92 Å². The molecule has 0 aromatic carbocycles. The van der Waals surface area contributed by atoms with Crippen LogP contribution in [-0.2, 0) is 0 Å². The second-order valence-corrected chi connectivity index (χ2v) is 11.3. The van der Waals surface area contributed by atoms with Crippen molar-refractivity contribution in [3.05, 3.63) is 23.8 Å². The molecule has 0 aromatic rings. The van der Waals surface area contributed by atoms with Gasteiger partial charge in [-0.1, -0.05) is 43.4 Å². The molecule has 0 N–H and O–H groups in total. The van der Waals surface area contributed by atoms with Gasteiger partial charge in [0.05, 0.1) is 8.07 Å². The van der Waals surface area contributed by atoms with Crippen LogP contribution in [0.5, 0.6) is 0 Å². The Labute approximate surface area is 90.1 Å². The molecule has 0 radical (unpaired) electrons. The minimum Gasteiger partial charge on any atom is -0.0998 e. The zero-order valence-corrected chi connectivity index (χ0v) is 11.4. The van der Waals surface area contributed by atoms with Crippen molar-refractivity contribution in [1.82, 2.24) is 0 Å². The lowest BCUT2D eigenvalue weighted by molar-refractivity contribution is 0.532. The maximum atomic E-state index is 4.11. The van der Waals surface area contributed by atoms with Crippen LogP contribution in [0.4, 0.5) is 0 Å². The van der Waals surface area contributed by atoms with Crippen molar-refractivity contribution < 1.29 is 0 Å². The lowest BCUT2D eigenvalue weighted by atomic mass is 9.85. The molecule has 0 aromatic heterocycles. The van der Waals surface area contributed by atoms with E-state index in [4.69, 9.17) is 0 Å². The third-order valence-electron chi connectivity index (χ3n) is 3.54. The number of rotatable bonds is 2. The molecule has 0 saturated heterocycles. The molecule has 0 heterocycles. The molecule has 1 heteroatoms. The molecule has 14 heavy (non-hydrogen) atoms. The summed E-state index contributed by atoms with van der Waals surface area (Å²) in [6, 6.07) is 0. The first-order valence-electron chi connectivity index (χ1n) is 5.64. The van der Waals surface area contributed by atoms with Crippen molar-refractivity contribution in [1.29, 1.82) is 0 Å². The fourth-order valence-electron chi connectivity index (χ4n) is 2.48. The number of allylic oxidation sites excluding steroid dienone is 3. The summed E-state index contributed by atoms with van der Waals surface area (Å²) in [5, 5.41) is 0. The van der Waals surface area contributed by atoms with Crippen LogP contribution in [0.2, 0.25) is 25.2 Å². The zero-order valence-electron chi connectivity index (χ0n) is 10.4. The van der Waals surface area contributed by atoms with Gasteiger partial charge in [0.15, 0.2) is 0 Å². The monoisotopic (exact) mass is 208 g/mol. The van der Waals surface area contributed by atoms with Gasteiger partial charge in [0.25, 0.3) is 0 Å². The smallest absolute Gasteiger partial charge is 0.0517 e. The molecule has 1 aliphatic carbocycles. The zero-order chi connectivity index (χ0) is 10.9. The van der Waals surface area contributed by atoms with Crippen LogP contribution in [0.3, 0.4) is 0 Å². The van der Waals surface area contributed by atoms with E-state index in [0.29, 0.717) is 0 Å². The highest BCUT2D eigenvalue weighted by molar-refractivity contribution is 6.78. The minimum absolute atomic E-state index is 0.746. The fraction of sp³-hybridized carbons (Fsp3) is 0.692. The van der Waals surface area contributed by atoms with E-state index in [-0.39, 0.29) is 0 Å². The topological polar surface area (TPSA) is 0 Å². The first-order valence-corrected chi connectivity index (χ1v) is 9.22. The van der Waals surface area contributed by atoms with Crippen LogP contribution >= 0.6 is 0 Å². The van der Waals surface area contributed by atoms with Crippen LogP contribution < -0.4 is 0 Å². The van der Waals surface area contributed by atoms with Gasteiger partial charge in [-0.2, -0.15) is 0 Å². The molecule has 0 fully saturated rings. The highest BCUT2D eigenvalue weighted by Crippen LogP contribution is 2.42. The van der Waals surface area contributed by atoms with E-state index in [1.807, 2.05) is 0 Å². The van der Waals surface area contributed by atoms with Crippen LogP contribution in [0.25, 0.3) is 0 Å². The molecule has 0 aliphatic heterocycles. The Hall–Kier alpha value is -0.303. The van der Waals surface area contributed by atoms with E-state index in [9.17, 15) is 0 Å². The van der Waals surface area contributed by atoms with E-state index in [1.165, 1.54) is 18.4 Å². The van der Waals surface area contributed by atoms with E-state index in [2.05, 4.69) is 46.1 Å². The Bertz CT molecular complexity index is 255. The van der Waals surface area contributed by atoms with Crippen molar-refractivity contribution in [2.24, 2.45) is 5.92 Å². The van der Waals surface area contributed by atoms with Crippen molar-refractivity contribution in [2.75, 3.05) is 0 Å². The van der Waals surface area contributed by atoms with Gasteiger partial charge >= 0.3 is 0 Å². The molecule has 0 saturated carbocycles. The third kappa shape index (κ3) is 2.60. The van der Waals surface area contributed by atoms with Gasteiger partial charge in [-0.25, -0.2) is 0 Å². The normalized spacial score (nSPS) is 28.5. The Balaban J connectivity index is 2.82. The molecule has 0 unspecified atom stereocenters. The van der Waals surface area contributed by atoms with E-state index in [0.717, 1.165) is 11.5 Å². The summed E-state index contributed by atoms with van der Waals surface area (Å²) in [4.78, 5) is 0.